The molecule has 0 bridgehead atoms. The van der Waals surface area contributed by atoms with E-state index in [1.165, 1.54) is 42.6 Å². The Morgan fingerprint density at radius 3 is 2.78 bits per heavy atom. The lowest BCUT2D eigenvalue weighted by molar-refractivity contribution is -0.136. The van der Waals surface area contributed by atoms with Gasteiger partial charge in [0.2, 0.25) is 5.91 Å². The van der Waals surface area contributed by atoms with E-state index < -0.39 is 0 Å². The van der Waals surface area contributed by atoms with Crippen molar-refractivity contribution in [2.45, 2.75) is 72.4 Å². The van der Waals surface area contributed by atoms with Crippen molar-refractivity contribution in [2.24, 2.45) is 11.8 Å². The smallest absolute Gasteiger partial charge is 0.227 e. The van der Waals surface area contributed by atoms with Crippen molar-refractivity contribution >= 4 is 5.91 Å². The van der Waals surface area contributed by atoms with Gasteiger partial charge in [-0.15, -0.1) is 0 Å². The van der Waals surface area contributed by atoms with E-state index in [0.717, 1.165) is 37.0 Å². The zero-order chi connectivity index (χ0) is 19.0. The van der Waals surface area contributed by atoms with Crippen LogP contribution >= 0.6 is 0 Å². The highest BCUT2D eigenvalue weighted by Crippen LogP contribution is 2.30. The van der Waals surface area contributed by atoms with Crippen LogP contribution in [0.5, 0.6) is 0 Å². The fraction of sp³-hybridized carbons (Fsp3) is 0.700. The zero-order valence-electron chi connectivity index (χ0n) is 16.7. The summed E-state index contributed by atoms with van der Waals surface area (Å²) in [4.78, 5) is 19.4. The molecule has 2 aromatic rings. The number of nitrogens with one attached hydrogen (secondary N) is 1. The standard InChI is InChI=1S/C20H30N6O/c1-13(11-26-15(3)21-14(2)24-26)20(27)25-9-8-18-17(12-25)19(23-22-18)10-16-6-4-5-7-16/h13,16H,4-12H2,1-3H3,(H,22,23). The van der Waals surface area contributed by atoms with Crippen LogP contribution in [0.25, 0.3) is 0 Å². The second-order valence-electron chi connectivity index (χ2n) is 8.28. The van der Waals surface area contributed by atoms with Gasteiger partial charge in [0, 0.05) is 30.8 Å². The molecule has 0 radical (unpaired) electrons. The third kappa shape index (κ3) is 3.77. The van der Waals surface area contributed by atoms with Gasteiger partial charge in [-0.1, -0.05) is 32.6 Å². The molecule has 1 saturated carbocycles. The summed E-state index contributed by atoms with van der Waals surface area (Å²) in [6, 6.07) is 0. The van der Waals surface area contributed by atoms with Crippen LogP contribution in [0.2, 0.25) is 0 Å². The molecule has 1 N–H and O–H groups in total. The number of H-pyrrole nitrogens is 1. The van der Waals surface area contributed by atoms with Crippen LogP contribution in [0, 0.1) is 25.7 Å². The predicted molar refractivity (Wildman–Crippen MR) is 102 cm³/mol. The number of amides is 1. The molecule has 7 nitrogen and oxygen atoms in total. The highest BCUT2D eigenvalue weighted by atomic mass is 16.2. The van der Waals surface area contributed by atoms with Crippen molar-refractivity contribution in [3.63, 3.8) is 0 Å². The fourth-order valence-electron chi connectivity index (χ4n) is 4.58. The van der Waals surface area contributed by atoms with Crippen LogP contribution in [0.4, 0.5) is 0 Å². The molecule has 1 amide bonds. The van der Waals surface area contributed by atoms with Gasteiger partial charge in [0.15, 0.2) is 0 Å². The molecule has 1 aliphatic carbocycles. The van der Waals surface area contributed by atoms with Crippen molar-refractivity contribution in [1.82, 2.24) is 29.9 Å². The Balaban J connectivity index is 1.42. The number of hydrogen-bond donors (Lipinski definition) is 1. The molecule has 0 aromatic carbocycles. The summed E-state index contributed by atoms with van der Waals surface area (Å²) in [6.07, 6.45) is 7.25. The summed E-state index contributed by atoms with van der Waals surface area (Å²) in [7, 11) is 0. The molecule has 1 aliphatic heterocycles. The second kappa shape index (κ2) is 7.44. The lowest BCUT2D eigenvalue weighted by atomic mass is 9.96. The van der Waals surface area contributed by atoms with Crippen LogP contribution in [-0.4, -0.2) is 42.3 Å². The highest BCUT2D eigenvalue weighted by molar-refractivity contribution is 5.78. The number of aromatic amines is 1. The third-order valence-electron chi connectivity index (χ3n) is 6.12. The van der Waals surface area contributed by atoms with Gasteiger partial charge in [0.1, 0.15) is 11.6 Å². The number of rotatable bonds is 5. The Morgan fingerprint density at radius 1 is 1.30 bits per heavy atom. The molecule has 1 unspecified atom stereocenters. The number of carbonyl (C=O) groups is 1. The molecular formula is C20H30N6O. The monoisotopic (exact) mass is 370 g/mol. The van der Waals surface area contributed by atoms with Crippen molar-refractivity contribution in [3.8, 4) is 0 Å². The largest absolute Gasteiger partial charge is 0.338 e. The van der Waals surface area contributed by atoms with Crippen LogP contribution in [-0.2, 0) is 30.7 Å². The van der Waals surface area contributed by atoms with E-state index in [-0.39, 0.29) is 11.8 Å². The molecule has 1 atom stereocenters. The molecule has 1 fully saturated rings. The third-order valence-corrected chi connectivity index (χ3v) is 6.12. The predicted octanol–water partition coefficient (Wildman–Crippen LogP) is 2.57. The normalized spacial score (nSPS) is 18.7. The van der Waals surface area contributed by atoms with E-state index in [2.05, 4.69) is 20.3 Å². The first-order chi connectivity index (χ1) is 13.0. The van der Waals surface area contributed by atoms with Crippen molar-refractivity contribution < 1.29 is 4.79 Å². The van der Waals surface area contributed by atoms with E-state index in [4.69, 9.17) is 0 Å². The van der Waals surface area contributed by atoms with Crippen LogP contribution in [0.1, 0.15) is 61.2 Å². The van der Waals surface area contributed by atoms with E-state index in [9.17, 15) is 4.79 Å². The molecule has 2 aliphatic rings. The Hall–Kier alpha value is -2.18. The lowest BCUT2D eigenvalue weighted by Gasteiger charge is -2.30. The van der Waals surface area contributed by atoms with E-state index in [1.54, 1.807) is 0 Å². The Morgan fingerprint density at radius 2 is 2.07 bits per heavy atom. The number of aryl methyl sites for hydroxylation is 2. The van der Waals surface area contributed by atoms with Gasteiger partial charge in [0.05, 0.1) is 18.2 Å². The number of hydrogen-bond acceptors (Lipinski definition) is 4. The summed E-state index contributed by atoms with van der Waals surface area (Å²) >= 11 is 0. The maximum absolute atomic E-state index is 13.0. The number of aromatic nitrogens is 5. The Kier molecular flexibility index (Phi) is 5.02. The SMILES string of the molecule is Cc1nc(C)n(CC(C)C(=O)N2CCc3[nH]nc(CC4CCCC4)c3C2)n1. The van der Waals surface area contributed by atoms with Gasteiger partial charge in [-0.3, -0.25) is 9.89 Å². The van der Waals surface area contributed by atoms with Crippen LogP contribution < -0.4 is 0 Å². The van der Waals surface area contributed by atoms with E-state index >= 15 is 0 Å². The van der Waals surface area contributed by atoms with Gasteiger partial charge >= 0.3 is 0 Å². The summed E-state index contributed by atoms with van der Waals surface area (Å²) in [5.74, 6) is 2.46. The first-order valence-corrected chi connectivity index (χ1v) is 10.2. The van der Waals surface area contributed by atoms with Crippen molar-refractivity contribution in [3.05, 3.63) is 28.6 Å². The van der Waals surface area contributed by atoms with E-state index in [0.29, 0.717) is 13.1 Å². The zero-order valence-corrected chi connectivity index (χ0v) is 16.7. The molecule has 27 heavy (non-hydrogen) atoms. The van der Waals surface area contributed by atoms with Crippen LogP contribution in [0.3, 0.4) is 0 Å². The molecule has 146 valence electrons. The fourth-order valence-corrected chi connectivity index (χ4v) is 4.58. The molecule has 0 saturated heterocycles. The summed E-state index contributed by atoms with van der Waals surface area (Å²) < 4.78 is 1.84. The molecule has 0 spiro atoms. The molecule has 4 rings (SSSR count). The van der Waals surface area contributed by atoms with Crippen molar-refractivity contribution in [1.29, 1.82) is 0 Å². The summed E-state index contributed by atoms with van der Waals surface area (Å²) in [5, 5.41) is 12.2. The molecule has 7 heteroatoms. The molecule has 3 heterocycles. The first-order valence-electron chi connectivity index (χ1n) is 10.2. The lowest BCUT2D eigenvalue weighted by Crippen LogP contribution is -2.40. The highest BCUT2D eigenvalue weighted by Gasteiger charge is 2.29. The second-order valence-corrected chi connectivity index (χ2v) is 8.28. The average molecular weight is 371 g/mol. The quantitative estimate of drug-likeness (QED) is 0.877. The van der Waals surface area contributed by atoms with Gasteiger partial charge in [-0.25, -0.2) is 9.67 Å². The number of nitrogens with zero attached hydrogens (tertiary/aromatic N) is 5. The van der Waals surface area contributed by atoms with Gasteiger partial charge in [0.25, 0.3) is 0 Å². The first kappa shape index (κ1) is 18.2. The maximum Gasteiger partial charge on any atom is 0.227 e. The summed E-state index contributed by atoms with van der Waals surface area (Å²) in [5.41, 5.74) is 3.67. The van der Waals surface area contributed by atoms with Gasteiger partial charge < -0.3 is 4.90 Å². The van der Waals surface area contributed by atoms with Gasteiger partial charge in [-0.2, -0.15) is 10.2 Å². The molecular weight excluding hydrogens is 340 g/mol. The van der Waals surface area contributed by atoms with E-state index in [1.807, 2.05) is 30.4 Å². The average Bonchev–Trinajstić information content (AvgIpc) is 3.36. The van der Waals surface area contributed by atoms with Crippen LogP contribution in [0.15, 0.2) is 0 Å². The topological polar surface area (TPSA) is 79.7 Å². The van der Waals surface area contributed by atoms with Crippen molar-refractivity contribution in [2.75, 3.05) is 6.54 Å². The minimum absolute atomic E-state index is 0.114. The molecule has 2 aromatic heterocycles. The minimum Gasteiger partial charge on any atom is -0.338 e. The Bertz CT molecular complexity index is 817. The number of carbonyl (C=O) groups excluding carboxylic acids is 1. The van der Waals surface area contributed by atoms with Gasteiger partial charge in [-0.05, 0) is 26.2 Å². The maximum atomic E-state index is 13.0. The summed E-state index contributed by atoms with van der Waals surface area (Å²) in [6.45, 7) is 7.83. The minimum atomic E-state index is -0.114. The Labute approximate surface area is 160 Å². The number of fused-ring (bicyclic) bond motifs is 1.